The van der Waals surface area contributed by atoms with Crippen LogP contribution in [0.25, 0.3) is 0 Å². The van der Waals surface area contributed by atoms with E-state index in [1.807, 2.05) is 0 Å². The van der Waals surface area contributed by atoms with Crippen molar-refractivity contribution in [3.8, 4) is 0 Å². The van der Waals surface area contributed by atoms with Gasteiger partial charge in [0.2, 0.25) is 0 Å². The van der Waals surface area contributed by atoms with E-state index >= 15 is 0 Å². The second-order valence-electron chi connectivity index (χ2n) is 4.23. The van der Waals surface area contributed by atoms with Gasteiger partial charge in [0.1, 0.15) is 9.84 Å². The van der Waals surface area contributed by atoms with E-state index in [-0.39, 0.29) is 17.9 Å². The Hall–Kier alpha value is -1.37. The first-order chi connectivity index (χ1) is 7.96. The molecule has 7 heteroatoms. The van der Waals surface area contributed by atoms with E-state index in [4.69, 9.17) is 0 Å². The second kappa shape index (κ2) is 4.48. The normalized spacial score (nSPS) is 15.1. The highest BCUT2D eigenvalue weighted by Crippen LogP contribution is 2.16. The van der Waals surface area contributed by atoms with E-state index in [1.165, 1.54) is 10.7 Å². The summed E-state index contributed by atoms with van der Waals surface area (Å²) in [5.41, 5.74) is 1.35. The monoisotopic (exact) mass is 257 g/mol. The van der Waals surface area contributed by atoms with E-state index in [1.54, 1.807) is 0 Å². The Kier molecular flexibility index (Phi) is 3.19. The molecule has 1 N–H and O–H groups in total. The van der Waals surface area contributed by atoms with E-state index in [2.05, 4.69) is 10.4 Å². The highest BCUT2D eigenvalue weighted by molar-refractivity contribution is 7.90. The molecule has 2 rings (SSSR count). The first-order valence-corrected chi connectivity index (χ1v) is 7.54. The number of nitrogens with one attached hydrogen (secondary N) is 1. The average Bonchev–Trinajstić information content (AvgIpc) is 2.25. The summed E-state index contributed by atoms with van der Waals surface area (Å²) in [6.45, 7) is 0.965. The van der Waals surface area contributed by atoms with Gasteiger partial charge in [0.25, 0.3) is 5.56 Å². The van der Waals surface area contributed by atoms with Crippen LogP contribution in [0.15, 0.2) is 10.9 Å². The van der Waals surface area contributed by atoms with Crippen molar-refractivity contribution in [2.24, 2.45) is 0 Å². The molecular weight excluding hydrogens is 242 g/mol. The van der Waals surface area contributed by atoms with Crippen LogP contribution >= 0.6 is 0 Å². The summed E-state index contributed by atoms with van der Waals surface area (Å²) in [7, 11) is -3.08. The van der Waals surface area contributed by atoms with E-state index in [0.29, 0.717) is 0 Å². The maximum Gasteiger partial charge on any atom is 0.268 e. The molecule has 1 aromatic rings. The van der Waals surface area contributed by atoms with Crippen molar-refractivity contribution in [3.05, 3.63) is 22.1 Å². The van der Waals surface area contributed by atoms with Gasteiger partial charge in [-0.3, -0.25) is 4.79 Å². The van der Waals surface area contributed by atoms with Crippen molar-refractivity contribution in [3.63, 3.8) is 0 Å². The number of sulfone groups is 1. The van der Waals surface area contributed by atoms with Crippen molar-refractivity contribution in [2.75, 3.05) is 23.9 Å². The van der Waals surface area contributed by atoms with Crippen LogP contribution in [0.4, 0.5) is 5.69 Å². The predicted molar refractivity (Wildman–Crippen MR) is 65.0 cm³/mol. The fourth-order valence-electron chi connectivity index (χ4n) is 1.76. The van der Waals surface area contributed by atoms with Crippen LogP contribution in [-0.4, -0.2) is 36.8 Å². The zero-order valence-corrected chi connectivity index (χ0v) is 10.5. The average molecular weight is 257 g/mol. The fraction of sp³-hybridized carbons (Fsp3) is 0.600. The van der Waals surface area contributed by atoms with Gasteiger partial charge in [-0.05, 0) is 12.8 Å². The minimum atomic E-state index is -3.08. The Labute approximate surface area is 99.6 Å². The molecule has 0 spiro atoms. The quantitative estimate of drug-likeness (QED) is 0.800. The lowest BCUT2D eigenvalue weighted by molar-refractivity contribution is 0.565. The maximum atomic E-state index is 11.7. The summed E-state index contributed by atoms with van der Waals surface area (Å²) in [4.78, 5) is 11.7. The lowest BCUT2D eigenvalue weighted by atomic mass is 10.1. The molecule has 0 unspecified atom stereocenters. The summed E-state index contributed by atoms with van der Waals surface area (Å²) < 4.78 is 23.3. The maximum absolute atomic E-state index is 11.7. The third kappa shape index (κ3) is 3.06. The van der Waals surface area contributed by atoms with Crippen LogP contribution in [0.1, 0.15) is 12.1 Å². The van der Waals surface area contributed by atoms with E-state index < -0.39 is 9.84 Å². The molecule has 1 aliphatic rings. The first-order valence-electron chi connectivity index (χ1n) is 5.48. The summed E-state index contributed by atoms with van der Waals surface area (Å²) in [6, 6.07) is 1.49. The predicted octanol–water partition coefficient (Wildman–Crippen LogP) is -0.354. The molecule has 0 aliphatic carbocycles. The number of fused-ring (bicyclic) bond motifs is 1. The Bertz CT molecular complexity index is 577. The molecule has 1 aliphatic heterocycles. The van der Waals surface area contributed by atoms with Gasteiger partial charge in [-0.25, -0.2) is 13.1 Å². The van der Waals surface area contributed by atoms with Gasteiger partial charge in [-0.1, -0.05) is 0 Å². The van der Waals surface area contributed by atoms with Crippen molar-refractivity contribution in [1.82, 2.24) is 9.78 Å². The molecular formula is C10H15N3O3S. The molecule has 0 fully saturated rings. The van der Waals surface area contributed by atoms with Crippen LogP contribution in [-0.2, 0) is 22.8 Å². The van der Waals surface area contributed by atoms with E-state index in [9.17, 15) is 13.2 Å². The van der Waals surface area contributed by atoms with Crippen LogP contribution in [0.2, 0.25) is 0 Å². The molecule has 17 heavy (non-hydrogen) atoms. The van der Waals surface area contributed by atoms with Crippen LogP contribution in [0, 0.1) is 0 Å². The van der Waals surface area contributed by atoms with Gasteiger partial charge < -0.3 is 5.32 Å². The Morgan fingerprint density at radius 3 is 3.00 bits per heavy atom. The number of hydrogen-bond acceptors (Lipinski definition) is 5. The van der Waals surface area contributed by atoms with Crippen molar-refractivity contribution < 1.29 is 8.42 Å². The standard InChI is InChI=1S/C10H15N3O3S/c1-17(15,16)6-5-13-10(14)7-9-8(12-13)3-2-4-11-9/h7,11H,2-6H2,1H3. The van der Waals surface area contributed by atoms with Gasteiger partial charge >= 0.3 is 0 Å². The lowest BCUT2D eigenvalue weighted by Gasteiger charge is -2.17. The van der Waals surface area contributed by atoms with Crippen LogP contribution in [0.3, 0.4) is 0 Å². The fourth-order valence-corrected chi connectivity index (χ4v) is 2.26. The van der Waals surface area contributed by atoms with Crippen molar-refractivity contribution in [2.45, 2.75) is 19.4 Å². The van der Waals surface area contributed by atoms with Crippen LogP contribution in [0.5, 0.6) is 0 Å². The van der Waals surface area contributed by atoms with Crippen molar-refractivity contribution in [1.29, 1.82) is 0 Å². The smallest absolute Gasteiger partial charge is 0.268 e. The van der Waals surface area contributed by atoms with Gasteiger partial charge in [0.05, 0.1) is 23.7 Å². The zero-order chi connectivity index (χ0) is 12.5. The van der Waals surface area contributed by atoms with Gasteiger partial charge in [0.15, 0.2) is 0 Å². The number of aryl methyl sites for hydroxylation is 2. The summed E-state index contributed by atoms with van der Waals surface area (Å²) >= 11 is 0. The molecule has 0 atom stereocenters. The highest BCUT2D eigenvalue weighted by atomic mass is 32.2. The lowest BCUT2D eigenvalue weighted by Crippen LogP contribution is -2.29. The van der Waals surface area contributed by atoms with Gasteiger partial charge in [-0.2, -0.15) is 5.10 Å². The number of rotatable bonds is 3. The van der Waals surface area contributed by atoms with Gasteiger partial charge in [-0.15, -0.1) is 0 Å². The number of nitrogens with zero attached hydrogens (tertiary/aromatic N) is 2. The zero-order valence-electron chi connectivity index (χ0n) is 9.64. The SMILES string of the molecule is CS(=O)(=O)CCn1nc2c(cc1=O)NCCC2. The topological polar surface area (TPSA) is 81.1 Å². The largest absolute Gasteiger partial charge is 0.383 e. The molecule has 6 nitrogen and oxygen atoms in total. The first kappa shape index (κ1) is 12.1. The molecule has 0 saturated heterocycles. The molecule has 0 bridgehead atoms. The third-order valence-electron chi connectivity index (χ3n) is 2.65. The molecule has 0 radical (unpaired) electrons. The number of aromatic nitrogens is 2. The Morgan fingerprint density at radius 2 is 2.29 bits per heavy atom. The Balaban J connectivity index is 2.26. The summed E-state index contributed by atoms with van der Waals surface area (Å²) in [5, 5.41) is 7.30. The molecule has 0 aromatic carbocycles. The Morgan fingerprint density at radius 1 is 1.53 bits per heavy atom. The molecule has 0 amide bonds. The molecule has 2 heterocycles. The highest BCUT2D eigenvalue weighted by Gasteiger charge is 2.13. The van der Waals surface area contributed by atoms with E-state index in [0.717, 1.165) is 37.0 Å². The van der Waals surface area contributed by atoms with Gasteiger partial charge in [0, 0.05) is 18.9 Å². The minimum absolute atomic E-state index is 0.0634. The third-order valence-corrected chi connectivity index (χ3v) is 3.58. The van der Waals surface area contributed by atoms with Crippen LogP contribution < -0.4 is 10.9 Å². The molecule has 0 saturated carbocycles. The van der Waals surface area contributed by atoms with Crippen molar-refractivity contribution >= 4 is 15.5 Å². The molecule has 94 valence electrons. The number of anilines is 1. The summed E-state index contributed by atoms with van der Waals surface area (Å²) in [6.07, 6.45) is 2.95. The second-order valence-corrected chi connectivity index (χ2v) is 6.49. The number of hydrogen-bond donors (Lipinski definition) is 1. The minimum Gasteiger partial charge on any atom is -0.383 e. The molecule has 1 aromatic heterocycles. The summed E-state index contributed by atoms with van der Waals surface area (Å²) in [5.74, 6) is -0.0634.